The van der Waals surface area contributed by atoms with Crippen LogP contribution in [0.5, 0.6) is 17.2 Å². The molecule has 9 heteroatoms. The highest BCUT2D eigenvalue weighted by Gasteiger charge is 2.34. The van der Waals surface area contributed by atoms with Gasteiger partial charge in [0.1, 0.15) is 5.75 Å². The number of hydrogen-bond acceptors (Lipinski definition) is 8. The molecule has 0 saturated carbocycles. The Morgan fingerprint density at radius 1 is 1.08 bits per heavy atom. The van der Waals surface area contributed by atoms with Gasteiger partial charge >= 0.3 is 5.97 Å². The van der Waals surface area contributed by atoms with Gasteiger partial charge < -0.3 is 18.9 Å². The highest BCUT2D eigenvalue weighted by atomic mass is 32.1. The van der Waals surface area contributed by atoms with Crippen molar-refractivity contribution in [2.24, 2.45) is 4.99 Å². The lowest BCUT2D eigenvalue weighted by molar-refractivity contribution is -0.139. The molecule has 1 aliphatic rings. The number of nitrogens with zero attached hydrogens (tertiary/aromatic N) is 2. The van der Waals surface area contributed by atoms with Crippen molar-refractivity contribution in [1.29, 1.82) is 0 Å². The molecule has 0 amide bonds. The summed E-state index contributed by atoms with van der Waals surface area (Å²) in [6.45, 7) is 6.01. The minimum Gasteiger partial charge on any atom is -0.497 e. The normalized spacial score (nSPS) is 15.2. The quantitative estimate of drug-likeness (QED) is 0.434. The lowest BCUT2D eigenvalue weighted by Gasteiger charge is -2.25. The van der Waals surface area contributed by atoms with Gasteiger partial charge in [-0.25, -0.2) is 9.79 Å². The molecule has 2 heterocycles. The number of hydrogen-bond donors (Lipinski definition) is 0. The minimum atomic E-state index is -0.738. The lowest BCUT2D eigenvalue weighted by Crippen LogP contribution is -2.40. The Morgan fingerprint density at radius 3 is 2.58 bits per heavy atom. The van der Waals surface area contributed by atoms with Crippen molar-refractivity contribution in [2.75, 3.05) is 27.4 Å². The number of thiazole rings is 1. The molecular weight excluding hydrogens is 480 g/mol. The highest BCUT2D eigenvalue weighted by Crippen LogP contribution is 2.36. The van der Waals surface area contributed by atoms with Crippen molar-refractivity contribution >= 4 is 23.4 Å². The van der Waals surface area contributed by atoms with Gasteiger partial charge in [0, 0.05) is 0 Å². The third-order valence-corrected chi connectivity index (χ3v) is 6.69. The number of benzene rings is 2. The van der Waals surface area contributed by atoms with E-state index >= 15 is 0 Å². The van der Waals surface area contributed by atoms with Crippen molar-refractivity contribution in [2.45, 2.75) is 26.8 Å². The van der Waals surface area contributed by atoms with Gasteiger partial charge in [-0.1, -0.05) is 29.5 Å². The van der Waals surface area contributed by atoms with Crippen LogP contribution in [0.3, 0.4) is 0 Å². The van der Waals surface area contributed by atoms with E-state index in [1.54, 1.807) is 50.8 Å². The first-order chi connectivity index (χ1) is 17.4. The van der Waals surface area contributed by atoms with Crippen LogP contribution >= 0.6 is 11.3 Å². The molecule has 2 aromatic carbocycles. The summed E-state index contributed by atoms with van der Waals surface area (Å²) in [5.41, 5.74) is 2.06. The molecule has 0 spiro atoms. The van der Waals surface area contributed by atoms with Crippen LogP contribution < -0.4 is 29.1 Å². The SMILES string of the molecule is CCOC(=O)C1=C(C)N=c2sc(=Cc3cccc(OC)c3)c(=O)n2[C@@H]1c1ccc(OC)c(OCC)c1. The van der Waals surface area contributed by atoms with Crippen molar-refractivity contribution in [3.63, 3.8) is 0 Å². The predicted molar refractivity (Wildman–Crippen MR) is 138 cm³/mol. The van der Waals surface area contributed by atoms with Gasteiger partial charge in [-0.05, 0) is 62.2 Å². The van der Waals surface area contributed by atoms with Crippen LogP contribution in [0.1, 0.15) is 37.9 Å². The molecule has 0 unspecified atom stereocenters. The number of carbonyl (C=O) groups excluding carboxylic acids is 1. The molecule has 3 aromatic rings. The summed E-state index contributed by atoms with van der Waals surface area (Å²) in [5, 5.41) is 0. The Morgan fingerprint density at radius 2 is 1.89 bits per heavy atom. The summed E-state index contributed by atoms with van der Waals surface area (Å²) in [5.74, 6) is 1.26. The number of esters is 1. The molecule has 1 atom stereocenters. The summed E-state index contributed by atoms with van der Waals surface area (Å²) in [7, 11) is 3.16. The maximum atomic E-state index is 13.7. The Balaban J connectivity index is 1.95. The summed E-state index contributed by atoms with van der Waals surface area (Å²) < 4.78 is 23.9. The standard InChI is InChI=1S/C27H28N2O6S/c1-6-34-21-15-18(11-12-20(21)33-5)24-23(26(31)35-7-2)16(3)28-27-29(24)25(30)22(36-27)14-17-9-8-10-19(13-17)32-4/h8-15,24H,6-7H2,1-5H3/t24-/m1/s1. The third kappa shape index (κ3) is 4.79. The molecular formula is C27H28N2O6S. The first-order valence-electron chi connectivity index (χ1n) is 11.6. The zero-order valence-electron chi connectivity index (χ0n) is 20.9. The van der Waals surface area contributed by atoms with E-state index in [9.17, 15) is 9.59 Å². The van der Waals surface area contributed by atoms with E-state index in [1.165, 1.54) is 11.3 Å². The maximum Gasteiger partial charge on any atom is 0.338 e. The van der Waals surface area contributed by atoms with Crippen LogP contribution in [-0.4, -0.2) is 38.0 Å². The van der Waals surface area contributed by atoms with Gasteiger partial charge in [0.15, 0.2) is 16.3 Å². The Bertz CT molecular complexity index is 1500. The fraction of sp³-hybridized carbons (Fsp3) is 0.296. The zero-order chi connectivity index (χ0) is 25.8. The van der Waals surface area contributed by atoms with Gasteiger partial charge in [0.05, 0.1) is 49.3 Å². The van der Waals surface area contributed by atoms with Crippen molar-refractivity contribution in [3.05, 3.63) is 84.5 Å². The molecule has 4 rings (SSSR count). The van der Waals surface area contributed by atoms with Crippen molar-refractivity contribution < 1.29 is 23.7 Å². The van der Waals surface area contributed by atoms with E-state index in [-0.39, 0.29) is 12.2 Å². The average molecular weight is 509 g/mol. The molecule has 0 aliphatic carbocycles. The van der Waals surface area contributed by atoms with Crippen LogP contribution in [0.2, 0.25) is 0 Å². The Hall–Kier alpha value is -3.85. The molecule has 36 heavy (non-hydrogen) atoms. The van der Waals surface area contributed by atoms with Gasteiger partial charge in [0.2, 0.25) is 0 Å². The van der Waals surface area contributed by atoms with E-state index in [1.807, 2.05) is 37.3 Å². The van der Waals surface area contributed by atoms with E-state index < -0.39 is 12.0 Å². The van der Waals surface area contributed by atoms with E-state index in [0.29, 0.717) is 50.0 Å². The minimum absolute atomic E-state index is 0.204. The average Bonchev–Trinajstić information content (AvgIpc) is 3.17. The number of ether oxygens (including phenoxy) is 4. The second-order valence-electron chi connectivity index (χ2n) is 7.92. The molecule has 0 N–H and O–H groups in total. The predicted octanol–water partition coefficient (Wildman–Crippen LogP) is 3.21. The van der Waals surface area contributed by atoms with Gasteiger partial charge in [-0.2, -0.15) is 0 Å². The van der Waals surface area contributed by atoms with Crippen LogP contribution in [0.25, 0.3) is 6.08 Å². The molecule has 0 radical (unpaired) electrons. The largest absolute Gasteiger partial charge is 0.497 e. The molecule has 188 valence electrons. The number of methoxy groups -OCH3 is 2. The van der Waals surface area contributed by atoms with Crippen molar-refractivity contribution in [1.82, 2.24) is 4.57 Å². The first kappa shape index (κ1) is 25.2. The summed E-state index contributed by atoms with van der Waals surface area (Å²) >= 11 is 1.27. The molecule has 8 nitrogen and oxygen atoms in total. The topological polar surface area (TPSA) is 88.4 Å². The number of fused-ring (bicyclic) bond motifs is 1. The Kier molecular flexibility index (Phi) is 7.59. The van der Waals surface area contributed by atoms with E-state index in [2.05, 4.69) is 4.99 Å². The van der Waals surface area contributed by atoms with Gasteiger partial charge in [-0.3, -0.25) is 9.36 Å². The molecule has 0 bridgehead atoms. The number of aromatic nitrogens is 1. The number of allylic oxidation sites excluding steroid dienone is 1. The van der Waals surface area contributed by atoms with Crippen LogP contribution in [0.15, 0.2) is 63.5 Å². The molecule has 0 saturated heterocycles. The Labute approximate surface area is 212 Å². The first-order valence-corrected chi connectivity index (χ1v) is 12.4. The second-order valence-corrected chi connectivity index (χ2v) is 8.93. The van der Waals surface area contributed by atoms with Gasteiger partial charge in [-0.15, -0.1) is 0 Å². The van der Waals surface area contributed by atoms with Crippen LogP contribution in [-0.2, 0) is 9.53 Å². The van der Waals surface area contributed by atoms with Crippen molar-refractivity contribution in [3.8, 4) is 17.2 Å². The molecule has 1 aromatic heterocycles. The molecule has 1 aliphatic heterocycles. The number of rotatable bonds is 8. The summed E-state index contributed by atoms with van der Waals surface area (Å²) in [6, 6.07) is 12.1. The number of carbonyl (C=O) groups is 1. The monoisotopic (exact) mass is 508 g/mol. The zero-order valence-corrected chi connectivity index (χ0v) is 21.7. The van der Waals surface area contributed by atoms with E-state index in [0.717, 1.165) is 5.56 Å². The molecule has 0 fully saturated rings. The summed E-state index contributed by atoms with van der Waals surface area (Å²) in [4.78, 5) is 31.9. The third-order valence-electron chi connectivity index (χ3n) is 5.71. The van der Waals surface area contributed by atoms with Crippen LogP contribution in [0.4, 0.5) is 0 Å². The summed E-state index contributed by atoms with van der Waals surface area (Å²) in [6.07, 6.45) is 1.80. The fourth-order valence-corrected chi connectivity index (χ4v) is 5.17. The maximum absolute atomic E-state index is 13.7. The second kappa shape index (κ2) is 10.8. The lowest BCUT2D eigenvalue weighted by atomic mass is 9.95. The highest BCUT2D eigenvalue weighted by molar-refractivity contribution is 7.07. The smallest absolute Gasteiger partial charge is 0.338 e. The van der Waals surface area contributed by atoms with Crippen LogP contribution in [0, 0.1) is 0 Å². The fourth-order valence-electron chi connectivity index (χ4n) is 4.12. The van der Waals surface area contributed by atoms with E-state index in [4.69, 9.17) is 18.9 Å². The van der Waals surface area contributed by atoms with Gasteiger partial charge in [0.25, 0.3) is 5.56 Å².